The number of aromatic nitrogens is 2. The van der Waals surface area contributed by atoms with Gasteiger partial charge in [-0.3, -0.25) is 4.79 Å². The number of hydrogen-bond acceptors (Lipinski definition) is 8. The first-order chi connectivity index (χ1) is 18.2. The Morgan fingerprint density at radius 1 is 1.29 bits per heavy atom. The Balaban J connectivity index is 1.56. The van der Waals surface area contributed by atoms with Crippen molar-refractivity contribution >= 4 is 39.1 Å². The second-order valence-electron chi connectivity index (χ2n) is 11.3. The van der Waals surface area contributed by atoms with E-state index in [4.69, 9.17) is 14.5 Å². The van der Waals surface area contributed by atoms with Crippen LogP contribution in [-0.2, 0) is 26.2 Å². The van der Waals surface area contributed by atoms with Crippen molar-refractivity contribution in [2.45, 2.75) is 77.0 Å². The predicted molar refractivity (Wildman–Crippen MR) is 149 cm³/mol. The minimum atomic E-state index is -0.723. The van der Waals surface area contributed by atoms with Gasteiger partial charge in [-0.2, -0.15) is 0 Å². The highest BCUT2D eigenvalue weighted by Gasteiger charge is 2.44. The number of benzene rings is 1. The van der Waals surface area contributed by atoms with E-state index in [1.807, 2.05) is 19.9 Å². The van der Waals surface area contributed by atoms with E-state index in [1.165, 1.54) is 24.0 Å². The quantitative estimate of drug-likeness (QED) is 0.463. The third kappa shape index (κ3) is 5.21. The number of methoxy groups -OCH3 is 1. The lowest BCUT2D eigenvalue weighted by Gasteiger charge is -2.29. The molecule has 38 heavy (non-hydrogen) atoms. The Bertz CT molecular complexity index is 1340. The van der Waals surface area contributed by atoms with Crippen LogP contribution in [0, 0.1) is 5.92 Å². The molecule has 1 saturated heterocycles. The molecule has 2 aromatic heterocycles. The molecule has 0 spiro atoms. The highest BCUT2D eigenvalue weighted by molar-refractivity contribution is 7.13. The maximum atomic E-state index is 13.9. The molecule has 202 valence electrons. The smallest absolute Gasteiger partial charge is 0.328 e. The lowest BCUT2D eigenvalue weighted by molar-refractivity contribution is -0.151. The number of nitrogens with zero attached hydrogens (tertiary/aromatic N) is 3. The Hall–Kier alpha value is -3.20. The maximum absolute atomic E-state index is 13.9. The van der Waals surface area contributed by atoms with Gasteiger partial charge < -0.3 is 19.7 Å². The number of hydrogen-bond donors (Lipinski definition) is 1. The Morgan fingerprint density at radius 2 is 2.11 bits per heavy atom. The van der Waals surface area contributed by atoms with Crippen molar-refractivity contribution in [1.29, 1.82) is 0 Å². The molecule has 0 aliphatic carbocycles. The van der Waals surface area contributed by atoms with Crippen LogP contribution in [0.5, 0.6) is 5.88 Å². The molecule has 5 rings (SSSR count). The Kier molecular flexibility index (Phi) is 7.31. The maximum Gasteiger partial charge on any atom is 0.328 e. The molecule has 0 radical (unpaired) electrons. The van der Waals surface area contributed by atoms with E-state index < -0.39 is 18.1 Å². The molecular weight excluding hydrogens is 500 g/mol. The van der Waals surface area contributed by atoms with Crippen LogP contribution >= 0.6 is 11.3 Å². The number of ether oxygens (including phenoxy) is 2. The summed E-state index contributed by atoms with van der Waals surface area (Å²) in [4.78, 5) is 37.7. The topological polar surface area (TPSA) is 93.7 Å². The van der Waals surface area contributed by atoms with Gasteiger partial charge in [-0.15, -0.1) is 11.3 Å². The fourth-order valence-corrected chi connectivity index (χ4v) is 6.36. The minimum absolute atomic E-state index is 0.0233. The van der Waals surface area contributed by atoms with Crippen LogP contribution in [0.1, 0.15) is 58.2 Å². The van der Waals surface area contributed by atoms with E-state index in [0.29, 0.717) is 17.4 Å². The second-order valence-corrected chi connectivity index (χ2v) is 12.2. The fraction of sp³-hybridized carbons (Fsp3) is 0.517. The molecule has 6 bridgehead atoms. The zero-order valence-corrected chi connectivity index (χ0v) is 23.5. The van der Waals surface area contributed by atoms with Crippen LogP contribution < -0.4 is 10.1 Å². The highest BCUT2D eigenvalue weighted by atomic mass is 32.1. The third-order valence-electron chi connectivity index (χ3n) is 7.77. The fourth-order valence-electron chi connectivity index (χ4n) is 5.42. The summed E-state index contributed by atoms with van der Waals surface area (Å²) in [5.74, 6) is -0.0952. The Labute approximate surface area is 227 Å². The number of aryl methyl sites for hydroxylation is 1. The largest absolute Gasteiger partial charge is 0.472 e. The first kappa shape index (κ1) is 26.4. The summed E-state index contributed by atoms with van der Waals surface area (Å²) in [7, 11) is 1.35. The molecular formula is C29H36N4O4S. The van der Waals surface area contributed by atoms with Crippen LogP contribution in [0.4, 0.5) is 5.13 Å². The third-order valence-corrected chi connectivity index (χ3v) is 8.54. The van der Waals surface area contributed by atoms with Crippen LogP contribution in [0.2, 0.25) is 0 Å². The van der Waals surface area contributed by atoms with Gasteiger partial charge in [0.15, 0.2) is 5.13 Å². The number of thiazole rings is 1. The molecule has 2 aliphatic rings. The molecule has 1 aromatic carbocycles. The van der Waals surface area contributed by atoms with E-state index in [0.717, 1.165) is 35.7 Å². The molecule has 9 heteroatoms. The number of anilines is 1. The zero-order chi connectivity index (χ0) is 27.0. The van der Waals surface area contributed by atoms with Gasteiger partial charge in [0.25, 0.3) is 0 Å². The second kappa shape index (κ2) is 10.5. The van der Waals surface area contributed by atoms with Gasteiger partial charge in [0.1, 0.15) is 18.2 Å². The summed E-state index contributed by atoms with van der Waals surface area (Å²) >= 11 is 1.52. The van der Waals surface area contributed by atoms with Crippen LogP contribution in [0.25, 0.3) is 10.8 Å². The Morgan fingerprint density at radius 3 is 2.87 bits per heavy atom. The molecule has 3 aromatic rings. The summed E-state index contributed by atoms with van der Waals surface area (Å²) in [5.41, 5.74) is 2.14. The summed E-state index contributed by atoms with van der Waals surface area (Å²) in [6, 6.07) is 7.14. The summed E-state index contributed by atoms with van der Waals surface area (Å²) in [5, 5.41) is 8.17. The first-order valence-corrected chi connectivity index (χ1v) is 14.2. The molecule has 8 nitrogen and oxygen atoms in total. The number of amides is 1. The van der Waals surface area contributed by atoms with Crippen LogP contribution in [0.3, 0.4) is 0 Å². The van der Waals surface area contributed by atoms with E-state index in [9.17, 15) is 9.59 Å². The molecule has 0 unspecified atom stereocenters. The monoisotopic (exact) mass is 536 g/mol. The van der Waals surface area contributed by atoms with Gasteiger partial charge in [-0.25, -0.2) is 14.8 Å². The number of rotatable bonds is 2. The normalized spacial score (nSPS) is 23.6. The van der Waals surface area contributed by atoms with Crippen molar-refractivity contribution in [3.63, 3.8) is 0 Å². The standard InChI is InChI=1S/C29H36N4O4S/c1-17(2)24-26(34)33-15-20(14-22(33)27(35)36-5)37-25-21-13-18(8-9-19(21)10-12-30-25)7-6-11-29(3,4)23-16-38-28(31-23)32-24/h8-10,12-13,16-17,20,22,24H,6-7,11,14-15H2,1-5H3,(H,31,32)/t20-,22+,24+/m1/s1. The summed E-state index contributed by atoms with van der Waals surface area (Å²) in [6.45, 7) is 8.70. The molecule has 0 saturated carbocycles. The van der Waals surface area contributed by atoms with Crippen molar-refractivity contribution in [2.75, 3.05) is 19.0 Å². The summed E-state index contributed by atoms with van der Waals surface area (Å²) < 4.78 is 11.5. The summed E-state index contributed by atoms with van der Waals surface area (Å²) in [6.07, 6.45) is 4.63. The van der Waals surface area contributed by atoms with Crippen molar-refractivity contribution in [1.82, 2.24) is 14.9 Å². The minimum Gasteiger partial charge on any atom is -0.472 e. The van der Waals surface area contributed by atoms with E-state index in [1.54, 1.807) is 11.1 Å². The molecule has 3 atom stereocenters. The van der Waals surface area contributed by atoms with Crippen molar-refractivity contribution < 1.29 is 19.1 Å². The lowest BCUT2D eigenvalue weighted by Crippen LogP contribution is -2.50. The number of esters is 1. The molecule has 1 amide bonds. The van der Waals surface area contributed by atoms with Crippen molar-refractivity contribution in [3.05, 3.63) is 47.1 Å². The number of nitrogens with one attached hydrogen (secondary N) is 1. The lowest BCUT2D eigenvalue weighted by atomic mass is 9.84. The van der Waals surface area contributed by atoms with E-state index in [-0.39, 0.29) is 29.9 Å². The molecule has 2 aliphatic heterocycles. The number of pyridine rings is 1. The van der Waals surface area contributed by atoms with Crippen molar-refractivity contribution in [2.24, 2.45) is 5.92 Å². The van der Waals surface area contributed by atoms with Crippen LogP contribution in [0.15, 0.2) is 35.8 Å². The number of carbonyl (C=O) groups is 2. The van der Waals surface area contributed by atoms with Gasteiger partial charge >= 0.3 is 5.97 Å². The molecule has 4 heterocycles. The highest BCUT2D eigenvalue weighted by Crippen LogP contribution is 2.34. The molecule has 1 fully saturated rings. The van der Waals surface area contributed by atoms with Gasteiger partial charge in [-0.1, -0.05) is 39.8 Å². The predicted octanol–water partition coefficient (Wildman–Crippen LogP) is 4.96. The number of fused-ring (bicyclic) bond motifs is 5. The van der Waals surface area contributed by atoms with E-state index >= 15 is 0 Å². The van der Waals surface area contributed by atoms with Gasteiger partial charge in [0, 0.05) is 28.8 Å². The molecule has 1 N–H and O–H groups in total. The number of carbonyl (C=O) groups excluding carboxylic acids is 2. The van der Waals surface area contributed by atoms with Gasteiger partial charge in [0.05, 0.1) is 19.3 Å². The van der Waals surface area contributed by atoms with Crippen molar-refractivity contribution in [3.8, 4) is 5.88 Å². The zero-order valence-electron chi connectivity index (χ0n) is 22.7. The average Bonchev–Trinajstić information content (AvgIpc) is 3.54. The first-order valence-electron chi connectivity index (χ1n) is 13.3. The van der Waals surface area contributed by atoms with Gasteiger partial charge in [0.2, 0.25) is 11.8 Å². The van der Waals surface area contributed by atoms with Gasteiger partial charge in [-0.05, 0) is 48.3 Å². The average molecular weight is 537 g/mol. The van der Waals surface area contributed by atoms with Crippen LogP contribution in [-0.4, -0.2) is 58.6 Å². The SMILES string of the molecule is COC(=O)[C@@H]1C[C@@H]2CN1C(=O)[C@H](C(C)C)Nc1nc(cs1)C(C)(C)CCCc1ccc3ccnc(c3c1)O2. The van der Waals surface area contributed by atoms with E-state index in [2.05, 4.69) is 47.7 Å².